The van der Waals surface area contributed by atoms with Gasteiger partial charge in [0.1, 0.15) is 12.6 Å². The van der Waals surface area contributed by atoms with Crippen LogP contribution in [0.25, 0.3) is 10.9 Å². The molecule has 4 nitrogen and oxygen atoms in total. The number of aromatic amines is 1. The Morgan fingerprint density at radius 2 is 2.15 bits per heavy atom. The first-order valence-electron chi connectivity index (χ1n) is 8.82. The van der Waals surface area contributed by atoms with Crippen LogP contribution in [0.15, 0.2) is 52.0 Å². The van der Waals surface area contributed by atoms with Gasteiger partial charge in [0.2, 0.25) is 0 Å². The van der Waals surface area contributed by atoms with Crippen molar-refractivity contribution in [3.8, 4) is 0 Å². The van der Waals surface area contributed by atoms with Gasteiger partial charge in [-0.3, -0.25) is 4.79 Å². The summed E-state index contributed by atoms with van der Waals surface area (Å²) in [5, 5.41) is 5.49. The number of nitrogens with one attached hydrogen (secondary N) is 2. The largest absolute Gasteiger partial charge is 0.318 e. The summed E-state index contributed by atoms with van der Waals surface area (Å²) in [4.78, 5) is 24.4. The minimum absolute atomic E-state index is 0.105. The zero-order chi connectivity index (χ0) is 18.4. The monoisotopic (exact) mass is 414 g/mol. The van der Waals surface area contributed by atoms with Crippen molar-refractivity contribution in [2.45, 2.75) is 19.0 Å². The lowest BCUT2D eigenvalue weighted by molar-refractivity contribution is -0.941. The van der Waals surface area contributed by atoms with E-state index in [1.54, 1.807) is 29.5 Å². The second-order valence-electron chi connectivity index (χ2n) is 6.76. The minimum atomic E-state index is -0.105. The molecule has 0 bridgehead atoms. The highest BCUT2D eigenvalue weighted by molar-refractivity contribution is 7.10. The second kappa shape index (κ2) is 6.87. The molecule has 1 aliphatic rings. The molecule has 136 valence electrons. The maximum Gasteiger partial charge on any atom is 0.258 e. The van der Waals surface area contributed by atoms with Crippen molar-refractivity contribution in [3.05, 3.63) is 83.7 Å². The Kier molecular flexibility index (Phi) is 4.36. The molecule has 1 aromatic carbocycles. The number of halogens is 1. The number of hydrogen-bond donors (Lipinski definition) is 2. The van der Waals surface area contributed by atoms with E-state index in [1.807, 2.05) is 11.3 Å². The third-order valence-electron chi connectivity index (χ3n) is 5.11. The van der Waals surface area contributed by atoms with Crippen molar-refractivity contribution in [3.63, 3.8) is 0 Å². The normalized spacial score (nSPS) is 19.3. The molecule has 3 aromatic heterocycles. The minimum Gasteiger partial charge on any atom is -0.318 e. The van der Waals surface area contributed by atoms with E-state index < -0.39 is 0 Å². The molecular weight excluding hydrogens is 398 g/mol. The number of benzene rings is 1. The highest BCUT2D eigenvalue weighted by atomic mass is 35.5. The van der Waals surface area contributed by atoms with E-state index in [-0.39, 0.29) is 5.56 Å². The predicted octanol–water partition coefficient (Wildman–Crippen LogP) is 3.43. The average molecular weight is 415 g/mol. The topological polar surface area (TPSA) is 50.2 Å². The van der Waals surface area contributed by atoms with Gasteiger partial charge >= 0.3 is 0 Å². The van der Waals surface area contributed by atoms with Crippen LogP contribution in [0.1, 0.15) is 27.2 Å². The summed E-state index contributed by atoms with van der Waals surface area (Å²) in [7, 11) is 0. The molecule has 4 heterocycles. The van der Waals surface area contributed by atoms with Crippen LogP contribution >= 0.6 is 34.3 Å². The van der Waals surface area contributed by atoms with Crippen molar-refractivity contribution in [1.82, 2.24) is 9.97 Å². The van der Waals surface area contributed by atoms with Gasteiger partial charge in [-0.1, -0.05) is 17.7 Å². The quantitative estimate of drug-likeness (QED) is 0.539. The molecule has 0 saturated carbocycles. The molecule has 4 aromatic rings. The van der Waals surface area contributed by atoms with Crippen LogP contribution in [-0.4, -0.2) is 16.5 Å². The average Bonchev–Trinajstić information content (AvgIpc) is 3.33. The molecule has 0 amide bonds. The number of thiophene rings is 2. The van der Waals surface area contributed by atoms with E-state index in [4.69, 9.17) is 16.6 Å². The van der Waals surface area contributed by atoms with E-state index >= 15 is 0 Å². The number of quaternary nitrogens is 1. The number of rotatable bonds is 3. The fraction of sp³-hybridized carbons (Fsp3) is 0.200. The molecule has 0 spiro atoms. The Bertz CT molecular complexity index is 1170. The Morgan fingerprint density at radius 1 is 1.22 bits per heavy atom. The fourth-order valence-electron chi connectivity index (χ4n) is 3.91. The predicted molar refractivity (Wildman–Crippen MR) is 111 cm³/mol. The summed E-state index contributed by atoms with van der Waals surface area (Å²) in [6.07, 6.45) is 1.06. The summed E-state index contributed by atoms with van der Waals surface area (Å²) < 4.78 is 0. The number of hydrogen-bond acceptors (Lipinski definition) is 4. The molecule has 1 unspecified atom stereocenters. The molecule has 0 saturated heterocycles. The van der Waals surface area contributed by atoms with Crippen LogP contribution in [0.3, 0.4) is 0 Å². The summed E-state index contributed by atoms with van der Waals surface area (Å²) in [5.41, 5.74) is 1.96. The van der Waals surface area contributed by atoms with Crippen LogP contribution in [-0.2, 0) is 13.0 Å². The van der Waals surface area contributed by atoms with Gasteiger partial charge < -0.3 is 9.88 Å². The SMILES string of the molecule is O=c1[nH]c(C[NH+]2CCc3sccc3[C@H]2c2cccs2)nc2cc(Cl)ccc12. The van der Waals surface area contributed by atoms with E-state index in [1.165, 1.54) is 20.2 Å². The van der Waals surface area contributed by atoms with Crippen LogP contribution in [0.5, 0.6) is 0 Å². The molecule has 7 heteroatoms. The molecule has 5 rings (SSSR count). The second-order valence-corrected chi connectivity index (χ2v) is 9.17. The third kappa shape index (κ3) is 3.12. The number of aromatic nitrogens is 2. The van der Waals surface area contributed by atoms with Gasteiger partial charge in [0.25, 0.3) is 5.56 Å². The zero-order valence-electron chi connectivity index (χ0n) is 14.4. The summed E-state index contributed by atoms with van der Waals surface area (Å²) >= 11 is 9.73. The Morgan fingerprint density at radius 3 is 3.00 bits per heavy atom. The fourth-order valence-corrected chi connectivity index (χ4v) is 5.90. The van der Waals surface area contributed by atoms with E-state index in [9.17, 15) is 4.79 Å². The Hall–Kier alpha value is -1.99. The Balaban J connectivity index is 1.55. The van der Waals surface area contributed by atoms with Crippen LogP contribution < -0.4 is 10.5 Å². The molecule has 27 heavy (non-hydrogen) atoms. The number of fused-ring (bicyclic) bond motifs is 2. The zero-order valence-corrected chi connectivity index (χ0v) is 16.8. The first-order chi connectivity index (χ1) is 13.2. The van der Waals surface area contributed by atoms with E-state index in [0.29, 0.717) is 34.3 Å². The summed E-state index contributed by atoms with van der Waals surface area (Å²) in [6.45, 7) is 1.70. The molecule has 0 fully saturated rings. The van der Waals surface area contributed by atoms with E-state index in [2.05, 4.69) is 33.9 Å². The highest BCUT2D eigenvalue weighted by Crippen LogP contribution is 2.31. The lowest BCUT2D eigenvalue weighted by atomic mass is 9.98. The van der Waals surface area contributed by atoms with Gasteiger partial charge in [-0.25, -0.2) is 4.98 Å². The van der Waals surface area contributed by atoms with Crippen molar-refractivity contribution >= 4 is 45.2 Å². The molecule has 0 aliphatic carbocycles. The Labute approximate surface area is 169 Å². The van der Waals surface area contributed by atoms with Gasteiger partial charge in [0.15, 0.2) is 5.82 Å². The highest BCUT2D eigenvalue weighted by Gasteiger charge is 2.34. The van der Waals surface area contributed by atoms with Crippen molar-refractivity contribution < 1.29 is 4.90 Å². The molecule has 0 radical (unpaired) electrons. The molecule has 1 aliphatic heterocycles. The van der Waals surface area contributed by atoms with Crippen LogP contribution in [0.2, 0.25) is 5.02 Å². The summed E-state index contributed by atoms with van der Waals surface area (Å²) in [5.74, 6) is 0.713. The molecule has 2 atom stereocenters. The maximum atomic E-state index is 12.5. The summed E-state index contributed by atoms with van der Waals surface area (Å²) in [6, 6.07) is 12.1. The van der Waals surface area contributed by atoms with Crippen molar-refractivity contribution in [2.75, 3.05) is 6.54 Å². The lowest BCUT2D eigenvalue weighted by Crippen LogP contribution is -3.12. The van der Waals surface area contributed by atoms with Crippen LogP contribution in [0.4, 0.5) is 0 Å². The maximum absolute atomic E-state index is 12.5. The molecule has 2 N–H and O–H groups in total. The van der Waals surface area contributed by atoms with Crippen molar-refractivity contribution in [2.24, 2.45) is 0 Å². The van der Waals surface area contributed by atoms with Gasteiger partial charge in [-0.15, -0.1) is 22.7 Å². The smallest absolute Gasteiger partial charge is 0.258 e. The molecular formula is C20H17ClN3OS2+. The van der Waals surface area contributed by atoms with Crippen LogP contribution in [0, 0.1) is 0 Å². The van der Waals surface area contributed by atoms with Gasteiger partial charge in [0.05, 0.1) is 22.3 Å². The first-order valence-corrected chi connectivity index (χ1v) is 11.0. The third-order valence-corrected chi connectivity index (χ3v) is 7.28. The van der Waals surface area contributed by atoms with Gasteiger partial charge in [0, 0.05) is 21.9 Å². The number of H-pyrrole nitrogens is 1. The van der Waals surface area contributed by atoms with Gasteiger partial charge in [-0.2, -0.15) is 0 Å². The number of nitrogens with zero attached hydrogens (tertiary/aromatic N) is 1. The van der Waals surface area contributed by atoms with E-state index in [0.717, 1.165) is 13.0 Å². The first kappa shape index (κ1) is 17.1. The van der Waals surface area contributed by atoms with Crippen molar-refractivity contribution in [1.29, 1.82) is 0 Å². The van der Waals surface area contributed by atoms with Gasteiger partial charge in [-0.05, 0) is 41.1 Å². The lowest BCUT2D eigenvalue weighted by Gasteiger charge is -2.31. The standard InChI is InChI=1S/C20H16ClN3OS2/c21-12-3-4-13-15(10-12)22-18(23-20(13)25)11-24-7-5-16-14(6-9-27-16)19(24)17-2-1-8-26-17/h1-4,6,8-10,19H,5,7,11H2,(H,22,23,25)/p+1/t19-/m0/s1.